The summed E-state index contributed by atoms with van der Waals surface area (Å²) in [6.45, 7) is 11.7. The average molecular weight is 545 g/mol. The Morgan fingerprint density at radius 2 is 1.68 bits per heavy atom. The Kier molecular flexibility index (Phi) is 17.1. The van der Waals surface area contributed by atoms with Gasteiger partial charge in [-0.2, -0.15) is 0 Å². The van der Waals surface area contributed by atoms with Crippen LogP contribution in [-0.4, -0.2) is 103 Å². The van der Waals surface area contributed by atoms with Crippen LogP contribution in [0.25, 0.3) is 0 Å². The first-order valence-electron chi connectivity index (χ1n) is 13.7. The Bertz CT molecular complexity index is 751. The van der Waals surface area contributed by atoms with Gasteiger partial charge >= 0.3 is 5.97 Å². The van der Waals surface area contributed by atoms with Gasteiger partial charge in [-0.1, -0.05) is 47.5 Å². The number of nitrogens with two attached hydrogens (primary N) is 1. The number of nitrogens with one attached hydrogen (secondary N) is 1. The second-order valence-corrected chi connectivity index (χ2v) is 10.1. The highest BCUT2D eigenvalue weighted by Crippen LogP contribution is 2.29. The topological polar surface area (TPSA) is 152 Å². The third kappa shape index (κ3) is 10.1. The summed E-state index contributed by atoms with van der Waals surface area (Å²) in [5.74, 6) is -2.53. The molecule has 1 saturated heterocycles. The molecular formula is C27H52N4O7. The van der Waals surface area contributed by atoms with Crippen molar-refractivity contribution < 1.29 is 33.8 Å². The summed E-state index contributed by atoms with van der Waals surface area (Å²) in [6, 6.07) is -1.69. The Labute approximate surface area is 228 Å². The van der Waals surface area contributed by atoms with Crippen LogP contribution in [0.15, 0.2) is 0 Å². The molecule has 0 aliphatic carbocycles. The zero-order valence-electron chi connectivity index (χ0n) is 24.9. The molecule has 1 heterocycles. The number of likely N-dealkylation sites (tertiary alicyclic amines) is 1. The van der Waals surface area contributed by atoms with Gasteiger partial charge in [0, 0.05) is 27.8 Å². The van der Waals surface area contributed by atoms with E-state index in [1.807, 2.05) is 13.8 Å². The van der Waals surface area contributed by atoms with Gasteiger partial charge in [-0.05, 0) is 25.7 Å². The smallest absolute Gasteiger partial charge is 0.325 e. The molecular weight excluding hydrogens is 492 g/mol. The SMILES string of the molecule is CCC.CCC(C)C(C(CC(=O)N1CCCC1C(OC)C(C)C(=O)N[C@@H](C)C(=O)O)OC)N(C)C(=O)CN. The second kappa shape index (κ2) is 18.1. The van der Waals surface area contributed by atoms with Crippen molar-refractivity contribution in [2.75, 3.05) is 34.4 Å². The van der Waals surface area contributed by atoms with Gasteiger partial charge in [0.15, 0.2) is 0 Å². The first-order chi connectivity index (χ1) is 17.9. The molecule has 11 heteroatoms. The number of nitrogens with zero attached hydrogens (tertiary/aromatic N) is 2. The van der Waals surface area contributed by atoms with Crippen molar-refractivity contribution in [3.63, 3.8) is 0 Å². The van der Waals surface area contributed by atoms with E-state index in [9.17, 15) is 19.2 Å². The molecule has 1 fully saturated rings. The molecule has 0 aromatic rings. The molecule has 6 unspecified atom stereocenters. The predicted molar refractivity (Wildman–Crippen MR) is 146 cm³/mol. The summed E-state index contributed by atoms with van der Waals surface area (Å²) >= 11 is 0. The molecule has 3 amide bonds. The molecule has 4 N–H and O–H groups in total. The van der Waals surface area contributed by atoms with Crippen molar-refractivity contribution in [1.82, 2.24) is 15.1 Å². The molecule has 38 heavy (non-hydrogen) atoms. The third-order valence-electron chi connectivity index (χ3n) is 7.21. The highest BCUT2D eigenvalue weighted by atomic mass is 16.5. The molecule has 1 aliphatic rings. The fraction of sp³-hybridized carbons (Fsp3) is 0.852. The quantitative estimate of drug-likeness (QED) is 0.300. The zero-order chi connectivity index (χ0) is 29.6. The Balaban J connectivity index is 0.00000434. The lowest BCUT2D eigenvalue weighted by Gasteiger charge is -2.39. The maximum absolute atomic E-state index is 13.5. The number of carboxylic acids is 1. The molecule has 0 radical (unpaired) electrons. The number of carboxylic acid groups (broad SMARTS) is 1. The van der Waals surface area contributed by atoms with Gasteiger partial charge in [-0.15, -0.1) is 0 Å². The normalized spacial score (nSPS) is 19.7. The standard InChI is InChI=1S/C24H44N4O7.C3H8/c1-8-14(2)21(27(5)20(30)13-25)18(34-6)12-19(29)28-11-9-10-17(28)22(35-7)15(3)23(31)26-16(4)24(32)33;1-3-2/h14-18,21-22H,8-13,25H2,1-7H3,(H,26,31)(H,32,33);3H2,1-2H3/t14?,15?,16-,17?,18?,21?,22?;/m0./s1. The van der Waals surface area contributed by atoms with E-state index in [2.05, 4.69) is 19.2 Å². The largest absolute Gasteiger partial charge is 0.480 e. The molecule has 0 aromatic heterocycles. The molecule has 1 rings (SSSR count). The lowest BCUT2D eigenvalue weighted by Crippen LogP contribution is -2.54. The van der Waals surface area contributed by atoms with Crippen LogP contribution in [0.5, 0.6) is 0 Å². The summed E-state index contributed by atoms with van der Waals surface area (Å²) in [5.41, 5.74) is 5.57. The zero-order valence-corrected chi connectivity index (χ0v) is 24.9. The van der Waals surface area contributed by atoms with E-state index in [1.165, 1.54) is 27.6 Å². The van der Waals surface area contributed by atoms with Crippen molar-refractivity contribution in [3.05, 3.63) is 0 Å². The van der Waals surface area contributed by atoms with E-state index in [-0.39, 0.29) is 42.8 Å². The lowest BCUT2D eigenvalue weighted by molar-refractivity contribution is -0.146. The van der Waals surface area contributed by atoms with E-state index in [0.29, 0.717) is 13.0 Å². The van der Waals surface area contributed by atoms with E-state index < -0.39 is 36.0 Å². The molecule has 0 aromatic carbocycles. The van der Waals surface area contributed by atoms with Crippen molar-refractivity contribution in [3.8, 4) is 0 Å². The van der Waals surface area contributed by atoms with Gasteiger partial charge in [0.1, 0.15) is 6.04 Å². The summed E-state index contributed by atoms with van der Waals surface area (Å²) < 4.78 is 11.4. The van der Waals surface area contributed by atoms with Gasteiger partial charge in [-0.3, -0.25) is 19.2 Å². The summed E-state index contributed by atoms with van der Waals surface area (Å²) in [5, 5.41) is 11.6. The molecule has 7 atom stereocenters. The number of ether oxygens (including phenoxy) is 2. The van der Waals surface area contributed by atoms with Crippen LogP contribution in [0.2, 0.25) is 0 Å². The number of aliphatic carboxylic acids is 1. The minimum absolute atomic E-state index is 0.0667. The molecule has 0 spiro atoms. The molecule has 11 nitrogen and oxygen atoms in total. The molecule has 1 aliphatic heterocycles. The summed E-state index contributed by atoms with van der Waals surface area (Å²) in [6.07, 6.45) is 2.40. The van der Waals surface area contributed by atoms with Crippen molar-refractivity contribution in [2.45, 2.75) is 104 Å². The van der Waals surface area contributed by atoms with Crippen molar-refractivity contribution in [2.24, 2.45) is 17.6 Å². The Hall–Kier alpha value is -2.24. The van der Waals surface area contributed by atoms with Crippen LogP contribution in [0, 0.1) is 11.8 Å². The average Bonchev–Trinajstić information content (AvgIpc) is 3.37. The van der Waals surface area contributed by atoms with E-state index >= 15 is 0 Å². The number of methoxy groups -OCH3 is 2. The fourth-order valence-electron chi connectivity index (χ4n) is 4.88. The number of rotatable bonds is 14. The number of hydrogen-bond acceptors (Lipinski definition) is 7. The highest BCUT2D eigenvalue weighted by molar-refractivity contribution is 5.85. The Morgan fingerprint density at radius 3 is 2.13 bits per heavy atom. The summed E-state index contributed by atoms with van der Waals surface area (Å²) in [4.78, 5) is 52.9. The summed E-state index contributed by atoms with van der Waals surface area (Å²) in [7, 11) is 4.70. The second-order valence-electron chi connectivity index (χ2n) is 10.1. The minimum atomic E-state index is -1.13. The van der Waals surface area contributed by atoms with Crippen LogP contribution >= 0.6 is 0 Å². The van der Waals surface area contributed by atoms with Crippen molar-refractivity contribution >= 4 is 23.7 Å². The third-order valence-corrected chi connectivity index (χ3v) is 7.21. The monoisotopic (exact) mass is 544 g/mol. The van der Waals surface area contributed by atoms with Crippen LogP contribution in [-0.2, 0) is 28.7 Å². The molecule has 0 bridgehead atoms. The van der Waals surface area contributed by atoms with E-state index in [0.717, 1.165) is 12.8 Å². The Morgan fingerprint density at radius 1 is 1.11 bits per heavy atom. The number of carbonyl (C=O) groups is 4. The highest BCUT2D eigenvalue weighted by Gasteiger charge is 2.42. The van der Waals surface area contributed by atoms with Gasteiger partial charge in [0.05, 0.1) is 43.2 Å². The van der Waals surface area contributed by atoms with E-state index in [1.54, 1.807) is 23.8 Å². The first-order valence-corrected chi connectivity index (χ1v) is 13.7. The van der Waals surface area contributed by atoms with Crippen molar-refractivity contribution in [1.29, 1.82) is 0 Å². The maximum atomic E-state index is 13.5. The molecule has 222 valence electrons. The number of amides is 3. The van der Waals surface area contributed by atoms with Gasteiger partial charge in [0.25, 0.3) is 0 Å². The maximum Gasteiger partial charge on any atom is 0.325 e. The molecule has 0 saturated carbocycles. The number of carbonyl (C=O) groups excluding carboxylic acids is 3. The van der Waals surface area contributed by atoms with Crippen LogP contribution < -0.4 is 11.1 Å². The van der Waals surface area contributed by atoms with Gasteiger partial charge < -0.3 is 35.4 Å². The van der Waals surface area contributed by atoms with E-state index in [4.69, 9.17) is 20.3 Å². The fourth-order valence-corrected chi connectivity index (χ4v) is 4.88. The number of hydrogen-bond donors (Lipinski definition) is 3. The lowest BCUT2D eigenvalue weighted by atomic mass is 9.90. The predicted octanol–water partition coefficient (Wildman–Crippen LogP) is 1.87. The van der Waals surface area contributed by atoms with Gasteiger partial charge in [-0.25, -0.2) is 0 Å². The van der Waals surface area contributed by atoms with Crippen LogP contribution in [0.3, 0.4) is 0 Å². The first kappa shape index (κ1) is 35.8. The van der Waals surface area contributed by atoms with Crippen LogP contribution in [0.4, 0.5) is 0 Å². The van der Waals surface area contributed by atoms with Gasteiger partial charge in [0.2, 0.25) is 17.7 Å². The van der Waals surface area contributed by atoms with Crippen LogP contribution in [0.1, 0.15) is 73.6 Å². The number of likely N-dealkylation sites (N-methyl/N-ethyl adjacent to an activating group) is 1. The minimum Gasteiger partial charge on any atom is -0.480 e.